The Kier molecular flexibility index (Phi) is 5.81. The van der Waals surface area contributed by atoms with Gasteiger partial charge in [0.15, 0.2) is 0 Å². The van der Waals surface area contributed by atoms with E-state index < -0.39 is 0 Å². The zero-order valence-corrected chi connectivity index (χ0v) is 14.4. The fourth-order valence-electron chi connectivity index (χ4n) is 2.36. The molecule has 0 fully saturated rings. The maximum absolute atomic E-state index is 10.2. The van der Waals surface area contributed by atoms with E-state index in [1.807, 2.05) is 11.6 Å². The van der Waals surface area contributed by atoms with Crippen molar-refractivity contribution in [2.24, 2.45) is 0 Å². The van der Waals surface area contributed by atoms with Crippen LogP contribution in [0.4, 0.5) is 0 Å². The van der Waals surface area contributed by atoms with Crippen LogP contribution >= 0.6 is 27.3 Å². The molecule has 0 saturated heterocycles. The van der Waals surface area contributed by atoms with Crippen LogP contribution < -0.4 is 0 Å². The van der Waals surface area contributed by atoms with Gasteiger partial charge in [0.05, 0.1) is 22.0 Å². The predicted octanol–water partition coefficient (Wildman–Crippen LogP) is 3.96. The molecule has 110 valence electrons. The van der Waals surface area contributed by atoms with E-state index in [2.05, 4.69) is 45.5 Å². The summed E-state index contributed by atoms with van der Waals surface area (Å²) in [5, 5.41) is 16.8. The number of aliphatic hydroxyl groups excluding tert-OH is 1. The van der Waals surface area contributed by atoms with Gasteiger partial charge in [0.25, 0.3) is 0 Å². The van der Waals surface area contributed by atoms with Crippen molar-refractivity contribution in [2.45, 2.75) is 52.2 Å². The first-order chi connectivity index (χ1) is 9.61. The SMILES string of the molecule is CCn1nc(C)c(Br)c1CC(O)CCCc1cccs1. The summed E-state index contributed by atoms with van der Waals surface area (Å²) < 4.78 is 3.01. The molecule has 2 aromatic heterocycles. The Balaban J connectivity index is 1.86. The zero-order chi connectivity index (χ0) is 14.5. The van der Waals surface area contributed by atoms with Crippen LogP contribution in [0.3, 0.4) is 0 Å². The zero-order valence-electron chi connectivity index (χ0n) is 12.0. The summed E-state index contributed by atoms with van der Waals surface area (Å²) in [6.45, 7) is 4.90. The van der Waals surface area contributed by atoms with Crippen molar-refractivity contribution in [3.05, 3.63) is 38.3 Å². The van der Waals surface area contributed by atoms with E-state index in [9.17, 15) is 5.11 Å². The quantitative estimate of drug-likeness (QED) is 0.815. The average molecular weight is 357 g/mol. The highest BCUT2D eigenvalue weighted by atomic mass is 79.9. The average Bonchev–Trinajstić information content (AvgIpc) is 3.02. The Morgan fingerprint density at radius 1 is 1.50 bits per heavy atom. The molecule has 0 spiro atoms. The molecular weight excluding hydrogens is 336 g/mol. The summed E-state index contributed by atoms with van der Waals surface area (Å²) in [6, 6.07) is 4.24. The van der Waals surface area contributed by atoms with E-state index in [1.165, 1.54) is 4.88 Å². The molecule has 0 radical (unpaired) electrons. The lowest BCUT2D eigenvalue weighted by molar-refractivity contribution is 0.159. The molecule has 1 atom stereocenters. The Morgan fingerprint density at radius 3 is 2.95 bits per heavy atom. The second-order valence-corrected chi connectivity index (χ2v) is 6.82. The van der Waals surface area contributed by atoms with E-state index in [0.29, 0.717) is 6.42 Å². The fraction of sp³-hybridized carbons (Fsp3) is 0.533. The third kappa shape index (κ3) is 3.93. The highest BCUT2D eigenvalue weighted by molar-refractivity contribution is 9.10. The Hall–Kier alpha value is -0.650. The van der Waals surface area contributed by atoms with Gasteiger partial charge in [-0.25, -0.2) is 0 Å². The van der Waals surface area contributed by atoms with E-state index in [1.54, 1.807) is 11.3 Å². The molecule has 1 N–H and O–H groups in total. The van der Waals surface area contributed by atoms with Crippen molar-refractivity contribution in [3.8, 4) is 0 Å². The van der Waals surface area contributed by atoms with Crippen LogP contribution in [0, 0.1) is 6.92 Å². The van der Waals surface area contributed by atoms with Gasteiger partial charge in [0.1, 0.15) is 0 Å². The smallest absolute Gasteiger partial charge is 0.0738 e. The molecular formula is C15H21BrN2OS. The summed E-state index contributed by atoms with van der Waals surface area (Å²) in [6.07, 6.45) is 3.28. The molecule has 2 rings (SSSR count). The molecule has 0 amide bonds. The molecule has 0 aromatic carbocycles. The van der Waals surface area contributed by atoms with Gasteiger partial charge >= 0.3 is 0 Å². The van der Waals surface area contributed by atoms with Gasteiger partial charge < -0.3 is 5.11 Å². The Morgan fingerprint density at radius 2 is 2.30 bits per heavy atom. The molecule has 0 aliphatic rings. The number of rotatable bonds is 7. The number of aliphatic hydroxyl groups is 1. The largest absolute Gasteiger partial charge is 0.393 e. The van der Waals surface area contributed by atoms with Crippen LogP contribution in [0.1, 0.15) is 36.0 Å². The summed E-state index contributed by atoms with van der Waals surface area (Å²) in [5.41, 5.74) is 2.10. The fourth-order valence-corrected chi connectivity index (χ4v) is 3.55. The van der Waals surface area contributed by atoms with E-state index >= 15 is 0 Å². The normalized spacial score (nSPS) is 12.8. The number of nitrogens with zero attached hydrogens (tertiary/aromatic N) is 2. The minimum absolute atomic E-state index is 0.298. The van der Waals surface area contributed by atoms with Crippen molar-refractivity contribution in [3.63, 3.8) is 0 Å². The standard InChI is InChI=1S/C15H21BrN2OS/c1-3-18-14(15(16)11(2)17-18)10-12(19)6-4-7-13-8-5-9-20-13/h5,8-9,12,19H,3-4,6-7,10H2,1-2H3. The lowest BCUT2D eigenvalue weighted by Crippen LogP contribution is -2.15. The first-order valence-electron chi connectivity index (χ1n) is 7.04. The first kappa shape index (κ1) is 15.7. The van der Waals surface area contributed by atoms with E-state index in [0.717, 1.165) is 41.7 Å². The number of thiophene rings is 1. The van der Waals surface area contributed by atoms with Crippen molar-refractivity contribution < 1.29 is 5.11 Å². The van der Waals surface area contributed by atoms with Crippen LogP contribution in [0.15, 0.2) is 22.0 Å². The van der Waals surface area contributed by atoms with Crippen LogP contribution in [-0.2, 0) is 19.4 Å². The third-order valence-corrected chi connectivity index (χ3v) is 5.39. The van der Waals surface area contributed by atoms with Crippen molar-refractivity contribution in [1.82, 2.24) is 9.78 Å². The Labute approximate surface area is 132 Å². The lowest BCUT2D eigenvalue weighted by Gasteiger charge is -2.12. The van der Waals surface area contributed by atoms with Gasteiger partial charge in [-0.15, -0.1) is 11.3 Å². The minimum Gasteiger partial charge on any atom is -0.393 e. The first-order valence-corrected chi connectivity index (χ1v) is 8.71. The number of halogens is 1. The van der Waals surface area contributed by atoms with E-state index in [4.69, 9.17) is 0 Å². The molecule has 3 nitrogen and oxygen atoms in total. The highest BCUT2D eigenvalue weighted by Gasteiger charge is 2.15. The van der Waals surface area contributed by atoms with Crippen LogP contribution in [-0.4, -0.2) is 21.0 Å². The number of hydrogen-bond donors (Lipinski definition) is 1. The maximum atomic E-state index is 10.2. The van der Waals surface area contributed by atoms with Gasteiger partial charge in [-0.1, -0.05) is 6.07 Å². The van der Waals surface area contributed by atoms with Crippen molar-refractivity contribution >= 4 is 27.3 Å². The van der Waals surface area contributed by atoms with E-state index in [-0.39, 0.29) is 6.10 Å². The van der Waals surface area contributed by atoms with Gasteiger partial charge in [-0.3, -0.25) is 4.68 Å². The molecule has 0 saturated carbocycles. The predicted molar refractivity (Wildman–Crippen MR) is 87.3 cm³/mol. The molecule has 0 aliphatic carbocycles. The summed E-state index contributed by atoms with van der Waals surface area (Å²) in [5.74, 6) is 0. The topological polar surface area (TPSA) is 38.0 Å². The monoisotopic (exact) mass is 356 g/mol. The van der Waals surface area contributed by atoms with Crippen LogP contribution in [0.2, 0.25) is 0 Å². The number of aryl methyl sites for hydroxylation is 3. The second-order valence-electron chi connectivity index (χ2n) is 4.99. The Bertz CT molecular complexity index is 536. The summed E-state index contributed by atoms with van der Waals surface area (Å²) in [7, 11) is 0. The number of aromatic nitrogens is 2. The lowest BCUT2D eigenvalue weighted by atomic mass is 10.1. The van der Waals surface area contributed by atoms with Crippen molar-refractivity contribution in [2.75, 3.05) is 0 Å². The molecule has 2 heterocycles. The molecule has 0 aliphatic heterocycles. The van der Waals surface area contributed by atoms with Gasteiger partial charge in [0.2, 0.25) is 0 Å². The second kappa shape index (κ2) is 7.38. The molecule has 2 aromatic rings. The van der Waals surface area contributed by atoms with Crippen LogP contribution in [0.25, 0.3) is 0 Å². The minimum atomic E-state index is -0.298. The number of hydrogen-bond acceptors (Lipinski definition) is 3. The van der Waals surface area contributed by atoms with Crippen LogP contribution in [0.5, 0.6) is 0 Å². The third-order valence-electron chi connectivity index (χ3n) is 3.42. The molecule has 0 bridgehead atoms. The summed E-state index contributed by atoms with van der Waals surface area (Å²) in [4.78, 5) is 1.40. The maximum Gasteiger partial charge on any atom is 0.0738 e. The molecule has 1 unspecified atom stereocenters. The van der Waals surface area contributed by atoms with Gasteiger partial charge in [0, 0.05) is 17.8 Å². The molecule has 20 heavy (non-hydrogen) atoms. The molecule has 5 heteroatoms. The highest BCUT2D eigenvalue weighted by Crippen LogP contribution is 2.23. The van der Waals surface area contributed by atoms with Crippen molar-refractivity contribution in [1.29, 1.82) is 0 Å². The summed E-state index contributed by atoms with van der Waals surface area (Å²) >= 11 is 5.36. The van der Waals surface area contributed by atoms with Gasteiger partial charge in [-0.2, -0.15) is 5.10 Å². The van der Waals surface area contributed by atoms with Gasteiger partial charge in [-0.05, 0) is 60.5 Å².